The molecule has 2 atom stereocenters. The average molecular weight is 189 g/mol. The third-order valence-electron chi connectivity index (χ3n) is 3.20. The van der Waals surface area contributed by atoms with E-state index < -0.39 is 0 Å². The second kappa shape index (κ2) is 3.48. The molecule has 0 spiro atoms. The quantitative estimate of drug-likeness (QED) is 0.491. The number of rotatable bonds is 1. The van der Waals surface area contributed by atoms with E-state index in [9.17, 15) is 0 Å². The van der Waals surface area contributed by atoms with Gasteiger partial charge in [-0.05, 0) is 12.8 Å². The summed E-state index contributed by atoms with van der Waals surface area (Å²) >= 11 is 0. The van der Waals surface area contributed by atoms with E-state index in [4.69, 9.17) is 9.31 Å². The van der Waals surface area contributed by atoms with Crippen LogP contribution in [0.2, 0.25) is 0 Å². The Morgan fingerprint density at radius 1 is 1.21 bits per heavy atom. The Hall–Kier alpha value is -0.665. The highest BCUT2D eigenvalue weighted by Gasteiger charge is 2.38. The van der Waals surface area contributed by atoms with Crippen LogP contribution >= 0.6 is 0 Å². The van der Waals surface area contributed by atoms with Gasteiger partial charge in [-0.3, -0.25) is 0 Å². The number of fused-ring (bicyclic) bond motifs is 1. The summed E-state index contributed by atoms with van der Waals surface area (Å²) in [5, 5.41) is 0. The van der Waals surface area contributed by atoms with Crippen molar-refractivity contribution in [3.63, 3.8) is 0 Å². The molecule has 1 saturated carbocycles. The zero-order valence-electron chi connectivity index (χ0n) is 8.19. The highest BCUT2D eigenvalue weighted by Crippen LogP contribution is 2.29. The van der Waals surface area contributed by atoms with E-state index in [1.165, 1.54) is 31.1 Å². The van der Waals surface area contributed by atoms with Gasteiger partial charge >= 0.3 is 7.12 Å². The van der Waals surface area contributed by atoms with Crippen LogP contribution in [0.25, 0.3) is 0 Å². The van der Waals surface area contributed by atoms with E-state index in [0.717, 1.165) is 0 Å². The largest absolute Gasteiger partial charge is 0.413 e. The van der Waals surface area contributed by atoms with Crippen molar-refractivity contribution < 1.29 is 9.31 Å². The van der Waals surface area contributed by atoms with E-state index >= 15 is 0 Å². The van der Waals surface area contributed by atoms with E-state index in [1.807, 2.05) is 12.1 Å². The van der Waals surface area contributed by atoms with Crippen LogP contribution < -0.4 is 5.46 Å². The average Bonchev–Trinajstić information content (AvgIpc) is 2.86. The van der Waals surface area contributed by atoms with Crippen LogP contribution in [0.5, 0.6) is 0 Å². The SMILES string of the molecule is c1cc(B2O[C@H]3CCCC[C@H]3O2)c[cH-]1. The first-order valence-electron chi connectivity index (χ1n) is 5.46. The van der Waals surface area contributed by atoms with Crippen molar-refractivity contribution in [1.82, 2.24) is 0 Å². The monoisotopic (exact) mass is 189 g/mol. The van der Waals surface area contributed by atoms with Gasteiger partial charge in [-0.25, -0.2) is 6.07 Å². The van der Waals surface area contributed by atoms with Crippen molar-refractivity contribution in [2.75, 3.05) is 0 Å². The van der Waals surface area contributed by atoms with Gasteiger partial charge in [-0.15, -0.1) is 0 Å². The summed E-state index contributed by atoms with van der Waals surface area (Å²) in [7, 11) is -0.0990. The molecule has 0 unspecified atom stereocenters. The molecule has 0 bridgehead atoms. The zero-order valence-corrected chi connectivity index (χ0v) is 8.19. The van der Waals surface area contributed by atoms with Crippen molar-refractivity contribution in [1.29, 1.82) is 0 Å². The Kier molecular flexibility index (Phi) is 2.15. The minimum Gasteiger partial charge on any atom is -0.413 e. The molecule has 3 rings (SSSR count). The summed E-state index contributed by atoms with van der Waals surface area (Å²) in [6, 6.07) is 8.21. The summed E-state index contributed by atoms with van der Waals surface area (Å²) < 4.78 is 11.8. The summed E-state index contributed by atoms with van der Waals surface area (Å²) in [5.74, 6) is 0. The van der Waals surface area contributed by atoms with E-state index in [0.29, 0.717) is 12.2 Å². The fourth-order valence-electron chi connectivity index (χ4n) is 2.43. The van der Waals surface area contributed by atoms with Crippen LogP contribution in [0.15, 0.2) is 24.3 Å². The first-order chi connectivity index (χ1) is 6.93. The van der Waals surface area contributed by atoms with Gasteiger partial charge in [0.05, 0.1) is 12.2 Å². The first-order valence-corrected chi connectivity index (χ1v) is 5.46. The van der Waals surface area contributed by atoms with Gasteiger partial charge in [0.2, 0.25) is 0 Å². The van der Waals surface area contributed by atoms with Gasteiger partial charge < -0.3 is 9.31 Å². The summed E-state index contributed by atoms with van der Waals surface area (Å²) in [4.78, 5) is 0. The van der Waals surface area contributed by atoms with Crippen LogP contribution in [-0.2, 0) is 9.31 Å². The summed E-state index contributed by atoms with van der Waals surface area (Å²) in [5.41, 5.74) is 1.17. The topological polar surface area (TPSA) is 18.5 Å². The molecule has 14 heavy (non-hydrogen) atoms. The van der Waals surface area contributed by atoms with E-state index in [1.54, 1.807) is 0 Å². The Balaban J connectivity index is 1.74. The molecule has 1 aromatic carbocycles. The van der Waals surface area contributed by atoms with Gasteiger partial charge in [0.1, 0.15) is 0 Å². The molecular weight excluding hydrogens is 175 g/mol. The third-order valence-corrected chi connectivity index (χ3v) is 3.20. The molecule has 0 radical (unpaired) electrons. The number of hydrogen-bond acceptors (Lipinski definition) is 2. The van der Waals surface area contributed by atoms with Gasteiger partial charge in [0, 0.05) is 0 Å². The molecular formula is C11H14BO2-. The van der Waals surface area contributed by atoms with Crippen LogP contribution in [0, 0.1) is 0 Å². The maximum atomic E-state index is 5.89. The molecule has 3 heteroatoms. The molecule has 1 aliphatic carbocycles. The lowest BCUT2D eigenvalue weighted by Gasteiger charge is -2.22. The minimum absolute atomic E-state index is 0.0990. The molecule has 0 N–H and O–H groups in total. The molecule has 2 aliphatic rings. The van der Waals surface area contributed by atoms with Crippen LogP contribution in [0.1, 0.15) is 25.7 Å². The van der Waals surface area contributed by atoms with Crippen molar-refractivity contribution in [3.05, 3.63) is 24.3 Å². The van der Waals surface area contributed by atoms with Crippen LogP contribution in [-0.4, -0.2) is 19.3 Å². The maximum absolute atomic E-state index is 5.89. The lowest BCUT2D eigenvalue weighted by atomic mass is 9.81. The first kappa shape index (κ1) is 8.63. The lowest BCUT2D eigenvalue weighted by Crippen LogP contribution is -2.31. The molecule has 2 nitrogen and oxygen atoms in total. The predicted octanol–water partition coefficient (Wildman–Crippen LogP) is 1.46. The van der Waals surface area contributed by atoms with E-state index in [-0.39, 0.29) is 7.12 Å². The highest BCUT2D eigenvalue weighted by molar-refractivity contribution is 6.61. The Labute approximate surface area is 84.7 Å². The lowest BCUT2D eigenvalue weighted by molar-refractivity contribution is 0.110. The maximum Gasteiger partial charge on any atom is 0.406 e. The predicted molar refractivity (Wildman–Crippen MR) is 55.6 cm³/mol. The van der Waals surface area contributed by atoms with Crippen LogP contribution in [0.4, 0.5) is 0 Å². The molecule has 0 amide bonds. The summed E-state index contributed by atoms with van der Waals surface area (Å²) in [6.07, 6.45) is 5.62. The molecule has 2 fully saturated rings. The van der Waals surface area contributed by atoms with Gasteiger partial charge in [-0.1, -0.05) is 12.8 Å². The zero-order chi connectivity index (χ0) is 9.38. The Morgan fingerprint density at radius 3 is 2.50 bits per heavy atom. The van der Waals surface area contributed by atoms with Crippen molar-refractivity contribution in [2.24, 2.45) is 0 Å². The second-order valence-electron chi connectivity index (χ2n) is 4.18. The summed E-state index contributed by atoms with van der Waals surface area (Å²) in [6.45, 7) is 0. The van der Waals surface area contributed by atoms with Gasteiger partial charge in [0.15, 0.2) is 0 Å². The molecule has 1 aromatic rings. The van der Waals surface area contributed by atoms with Crippen LogP contribution in [0.3, 0.4) is 0 Å². The van der Waals surface area contributed by atoms with Gasteiger partial charge in [0.25, 0.3) is 0 Å². The molecule has 74 valence electrons. The van der Waals surface area contributed by atoms with E-state index in [2.05, 4.69) is 12.1 Å². The molecule has 0 aromatic heterocycles. The molecule has 1 saturated heterocycles. The Morgan fingerprint density at radius 2 is 1.93 bits per heavy atom. The standard InChI is InChI=1S/C11H14BO2/c1-2-6-9(5-1)12-13-10-7-3-4-8-11(10)14-12/h1-2,5-6,10-11H,3-4,7-8H2/q-1/t10-,11+. The fourth-order valence-corrected chi connectivity index (χ4v) is 2.43. The normalized spacial score (nSPS) is 31.9. The second-order valence-corrected chi connectivity index (χ2v) is 4.18. The van der Waals surface area contributed by atoms with Crippen molar-refractivity contribution >= 4 is 12.6 Å². The molecule has 1 aliphatic heterocycles. The van der Waals surface area contributed by atoms with Crippen molar-refractivity contribution in [3.8, 4) is 0 Å². The smallest absolute Gasteiger partial charge is 0.406 e. The minimum atomic E-state index is -0.0990. The Bertz CT molecular complexity index is 282. The third kappa shape index (κ3) is 1.41. The van der Waals surface area contributed by atoms with Gasteiger partial charge in [-0.2, -0.15) is 23.7 Å². The van der Waals surface area contributed by atoms with Crippen molar-refractivity contribution in [2.45, 2.75) is 37.9 Å². The highest BCUT2D eigenvalue weighted by atomic mass is 16.7. The fraction of sp³-hybridized carbons (Fsp3) is 0.545. The molecule has 1 heterocycles. The number of hydrogen-bond donors (Lipinski definition) is 0.